The van der Waals surface area contributed by atoms with E-state index in [4.69, 9.17) is 9.84 Å². The molecule has 1 heterocycles. The monoisotopic (exact) mass is 400 g/mol. The Morgan fingerprint density at radius 3 is 2.64 bits per heavy atom. The van der Waals surface area contributed by atoms with Crippen LogP contribution in [-0.2, 0) is 9.59 Å². The summed E-state index contributed by atoms with van der Waals surface area (Å²) in [5, 5.41) is 10.2. The maximum atomic E-state index is 12.6. The zero-order valence-corrected chi connectivity index (χ0v) is 15.6. The second-order valence-electron chi connectivity index (χ2n) is 5.89. The third-order valence-electron chi connectivity index (χ3n) is 4.00. The number of anilines is 2. The molecule has 1 saturated heterocycles. The summed E-state index contributed by atoms with van der Waals surface area (Å²) in [6.07, 6.45) is -0.215. The van der Waals surface area contributed by atoms with Gasteiger partial charge in [-0.05, 0) is 42.1 Å². The summed E-state index contributed by atoms with van der Waals surface area (Å²) in [5.41, 5.74) is 0.707. The summed E-state index contributed by atoms with van der Waals surface area (Å²) < 4.78 is 5.11. The number of carbonyl (C=O) groups excluding carboxylic acids is 3. The van der Waals surface area contributed by atoms with E-state index < -0.39 is 28.3 Å². The lowest BCUT2D eigenvalue weighted by Gasteiger charge is -2.14. The highest BCUT2D eigenvalue weighted by molar-refractivity contribution is 8.15. The molecule has 8 nitrogen and oxygen atoms in total. The average molecular weight is 400 g/mol. The first-order chi connectivity index (χ1) is 13.4. The number of aromatic carboxylic acids is 1. The van der Waals surface area contributed by atoms with Crippen molar-refractivity contribution < 1.29 is 29.0 Å². The van der Waals surface area contributed by atoms with Crippen molar-refractivity contribution in [1.29, 1.82) is 0 Å². The zero-order chi connectivity index (χ0) is 20.3. The van der Waals surface area contributed by atoms with E-state index in [1.165, 1.54) is 25.3 Å². The van der Waals surface area contributed by atoms with Crippen molar-refractivity contribution >= 4 is 46.2 Å². The minimum absolute atomic E-state index is 0.0310. The second kappa shape index (κ2) is 8.13. The summed E-state index contributed by atoms with van der Waals surface area (Å²) in [6.45, 7) is 0. The summed E-state index contributed by atoms with van der Waals surface area (Å²) in [6, 6.07) is 12.3. The molecule has 0 radical (unpaired) electrons. The van der Waals surface area contributed by atoms with E-state index in [1.54, 1.807) is 30.3 Å². The molecule has 3 rings (SSSR count). The number of methoxy groups -OCH3 is 1. The predicted octanol–water partition coefficient (Wildman–Crippen LogP) is 2.99. The van der Waals surface area contributed by atoms with Crippen molar-refractivity contribution in [3.8, 4) is 5.75 Å². The lowest BCUT2D eigenvalue weighted by atomic mass is 10.2. The Kier molecular flexibility index (Phi) is 5.65. The van der Waals surface area contributed by atoms with Gasteiger partial charge in [0.25, 0.3) is 5.24 Å². The van der Waals surface area contributed by atoms with Gasteiger partial charge < -0.3 is 15.2 Å². The number of carbonyl (C=O) groups is 4. The van der Waals surface area contributed by atoms with Gasteiger partial charge in [0.1, 0.15) is 11.0 Å². The first kappa shape index (κ1) is 19.4. The van der Waals surface area contributed by atoms with Gasteiger partial charge >= 0.3 is 5.97 Å². The maximum absolute atomic E-state index is 12.6. The highest BCUT2D eigenvalue weighted by Crippen LogP contribution is 2.34. The van der Waals surface area contributed by atoms with E-state index in [9.17, 15) is 19.2 Å². The molecule has 0 bridgehead atoms. The molecular weight excluding hydrogens is 384 g/mol. The van der Waals surface area contributed by atoms with Gasteiger partial charge in [-0.3, -0.25) is 14.4 Å². The fraction of sp³-hybridized carbons (Fsp3) is 0.158. The molecule has 0 aromatic heterocycles. The Hall–Kier alpha value is -3.33. The van der Waals surface area contributed by atoms with Crippen molar-refractivity contribution in [2.75, 3.05) is 17.3 Å². The normalized spacial score (nSPS) is 16.2. The lowest BCUT2D eigenvalue weighted by Crippen LogP contribution is -2.33. The van der Waals surface area contributed by atoms with Gasteiger partial charge in [0, 0.05) is 18.2 Å². The molecule has 1 unspecified atom stereocenters. The molecule has 1 aliphatic heterocycles. The Balaban J connectivity index is 1.69. The number of rotatable bonds is 6. The van der Waals surface area contributed by atoms with Gasteiger partial charge in [-0.2, -0.15) is 0 Å². The molecule has 2 N–H and O–H groups in total. The van der Waals surface area contributed by atoms with Crippen molar-refractivity contribution in [2.45, 2.75) is 11.7 Å². The fourth-order valence-electron chi connectivity index (χ4n) is 2.68. The van der Waals surface area contributed by atoms with E-state index in [0.717, 1.165) is 16.7 Å². The Morgan fingerprint density at radius 2 is 1.93 bits per heavy atom. The Bertz CT molecular complexity index is 961. The molecule has 2 aromatic rings. The summed E-state index contributed by atoms with van der Waals surface area (Å²) in [7, 11) is 1.48. The van der Waals surface area contributed by atoms with Crippen molar-refractivity contribution in [3.05, 3.63) is 54.1 Å². The van der Waals surface area contributed by atoms with Gasteiger partial charge in [0.15, 0.2) is 0 Å². The van der Waals surface area contributed by atoms with E-state index >= 15 is 0 Å². The quantitative estimate of drug-likeness (QED) is 0.766. The molecule has 9 heteroatoms. The molecule has 1 fully saturated rings. The summed E-state index contributed by atoms with van der Waals surface area (Å²) in [5.74, 6) is -1.59. The smallest absolute Gasteiger partial charge is 0.335 e. The molecular formula is C19H16N2O6S. The number of amides is 3. The van der Waals surface area contributed by atoms with Crippen molar-refractivity contribution in [3.63, 3.8) is 0 Å². The molecule has 28 heavy (non-hydrogen) atoms. The van der Waals surface area contributed by atoms with Gasteiger partial charge in [-0.15, -0.1) is 0 Å². The van der Waals surface area contributed by atoms with Crippen LogP contribution in [0, 0.1) is 0 Å². The summed E-state index contributed by atoms with van der Waals surface area (Å²) >= 11 is 0.779. The van der Waals surface area contributed by atoms with Gasteiger partial charge in [0.2, 0.25) is 11.8 Å². The number of carboxylic acid groups (broad SMARTS) is 1. The number of ether oxygens (including phenoxy) is 1. The molecule has 144 valence electrons. The minimum Gasteiger partial charge on any atom is -0.497 e. The van der Waals surface area contributed by atoms with Crippen LogP contribution < -0.4 is 15.0 Å². The van der Waals surface area contributed by atoms with Crippen LogP contribution in [-0.4, -0.2) is 40.5 Å². The van der Waals surface area contributed by atoms with Gasteiger partial charge in [-0.25, -0.2) is 9.69 Å². The van der Waals surface area contributed by atoms with E-state index in [0.29, 0.717) is 17.1 Å². The maximum Gasteiger partial charge on any atom is 0.335 e. The van der Waals surface area contributed by atoms with Crippen LogP contribution in [0.25, 0.3) is 0 Å². The van der Waals surface area contributed by atoms with Crippen LogP contribution in [0.3, 0.4) is 0 Å². The van der Waals surface area contributed by atoms with Crippen LogP contribution in [0.1, 0.15) is 16.8 Å². The highest BCUT2D eigenvalue weighted by atomic mass is 32.2. The van der Waals surface area contributed by atoms with Crippen molar-refractivity contribution in [1.82, 2.24) is 0 Å². The van der Waals surface area contributed by atoms with Gasteiger partial charge in [-0.1, -0.05) is 12.1 Å². The number of thioether (sulfide) groups is 1. The highest BCUT2D eigenvalue weighted by Gasteiger charge is 2.41. The van der Waals surface area contributed by atoms with E-state index in [1.807, 2.05) is 0 Å². The molecule has 1 aliphatic rings. The van der Waals surface area contributed by atoms with E-state index in [-0.39, 0.29) is 12.0 Å². The topological polar surface area (TPSA) is 113 Å². The molecule has 3 amide bonds. The third-order valence-corrected chi connectivity index (χ3v) is 5.03. The predicted molar refractivity (Wildman–Crippen MR) is 104 cm³/mol. The molecule has 2 aromatic carbocycles. The third kappa shape index (κ3) is 4.15. The summed E-state index contributed by atoms with van der Waals surface area (Å²) in [4.78, 5) is 49.2. The standard InChI is InChI=1S/C19H16N2O6S/c1-27-14-7-3-6-13(9-14)21-17(23)15(28-19(21)26)10-16(22)20-12-5-2-4-11(8-12)18(24)25/h2-9,15H,10H2,1H3,(H,20,22)(H,24,25). The average Bonchev–Trinajstić information content (AvgIpc) is 2.95. The number of carboxylic acids is 1. The lowest BCUT2D eigenvalue weighted by molar-refractivity contribution is -0.121. The number of nitrogens with zero attached hydrogens (tertiary/aromatic N) is 1. The van der Waals surface area contributed by atoms with Crippen molar-refractivity contribution in [2.24, 2.45) is 0 Å². The van der Waals surface area contributed by atoms with E-state index in [2.05, 4.69) is 5.32 Å². The first-order valence-electron chi connectivity index (χ1n) is 8.21. The molecule has 0 saturated carbocycles. The van der Waals surface area contributed by atoms with Crippen LogP contribution >= 0.6 is 11.8 Å². The number of benzene rings is 2. The first-order valence-corrected chi connectivity index (χ1v) is 9.09. The SMILES string of the molecule is COc1cccc(N2C(=O)SC(CC(=O)Nc3cccc(C(=O)O)c3)C2=O)c1. The number of hydrogen-bond acceptors (Lipinski definition) is 6. The number of nitrogens with one attached hydrogen (secondary N) is 1. The minimum atomic E-state index is -1.11. The zero-order valence-electron chi connectivity index (χ0n) is 14.7. The molecule has 1 atom stereocenters. The van der Waals surface area contributed by atoms with Crippen LogP contribution in [0.5, 0.6) is 5.75 Å². The molecule has 0 aliphatic carbocycles. The van der Waals surface area contributed by atoms with Crippen LogP contribution in [0.15, 0.2) is 48.5 Å². The number of imide groups is 1. The fourth-order valence-corrected chi connectivity index (χ4v) is 3.67. The number of hydrogen-bond donors (Lipinski definition) is 2. The second-order valence-corrected chi connectivity index (χ2v) is 7.04. The van der Waals surface area contributed by atoms with Gasteiger partial charge in [0.05, 0.1) is 18.4 Å². The Morgan fingerprint density at radius 1 is 1.18 bits per heavy atom. The van der Waals surface area contributed by atoms with Crippen LogP contribution in [0.4, 0.5) is 16.2 Å². The Labute approximate surface area is 164 Å². The molecule has 0 spiro atoms. The van der Waals surface area contributed by atoms with Crippen LogP contribution in [0.2, 0.25) is 0 Å². The largest absolute Gasteiger partial charge is 0.497 e.